The molecule has 0 bridgehead atoms. The van der Waals surface area contributed by atoms with Crippen LogP contribution in [0.4, 0.5) is 10.5 Å². The summed E-state index contributed by atoms with van der Waals surface area (Å²) in [6, 6.07) is 14.0. The quantitative estimate of drug-likeness (QED) is 0.759. The summed E-state index contributed by atoms with van der Waals surface area (Å²) in [4.78, 5) is 24.6. The lowest BCUT2D eigenvalue weighted by Gasteiger charge is -2.21. The first-order chi connectivity index (χ1) is 11.6. The molecule has 0 heterocycles. The Kier molecular flexibility index (Phi) is 6.63. The largest absolute Gasteiger partial charge is 0.415 e. The highest BCUT2D eigenvalue weighted by Gasteiger charge is 2.16. The van der Waals surface area contributed by atoms with Crippen LogP contribution in [0.3, 0.4) is 0 Å². The van der Waals surface area contributed by atoms with Gasteiger partial charge in [-0.1, -0.05) is 36.7 Å². The summed E-state index contributed by atoms with van der Waals surface area (Å²) in [7, 11) is 0. The van der Waals surface area contributed by atoms with Crippen molar-refractivity contribution in [1.82, 2.24) is 4.90 Å². The highest BCUT2D eigenvalue weighted by atomic mass is 35.5. The maximum Gasteiger partial charge on any atom is 0.415 e. The van der Waals surface area contributed by atoms with E-state index in [1.54, 1.807) is 41.3 Å². The molecule has 0 spiro atoms. The SMILES string of the molecule is CCCN(Cc1ccc(Cl)cc1)C(=O)Oc1cccc(NC=O)c1. The molecule has 0 aromatic heterocycles. The van der Waals surface area contributed by atoms with Gasteiger partial charge in [-0.05, 0) is 36.2 Å². The standard InChI is InChI=1S/C18H19ClN2O3/c1-2-10-21(12-14-6-8-15(19)9-7-14)18(23)24-17-5-3-4-16(11-17)20-13-22/h3-9,11,13H,2,10,12H2,1H3,(H,20,22). The highest BCUT2D eigenvalue weighted by Crippen LogP contribution is 2.19. The van der Waals surface area contributed by atoms with E-state index >= 15 is 0 Å². The predicted molar refractivity (Wildman–Crippen MR) is 94.3 cm³/mol. The molecule has 0 fully saturated rings. The maximum atomic E-state index is 12.4. The van der Waals surface area contributed by atoms with Crippen LogP contribution in [0.2, 0.25) is 5.02 Å². The van der Waals surface area contributed by atoms with Gasteiger partial charge >= 0.3 is 6.09 Å². The van der Waals surface area contributed by atoms with E-state index in [1.165, 1.54) is 0 Å². The number of nitrogens with one attached hydrogen (secondary N) is 1. The molecule has 0 aliphatic carbocycles. The first kappa shape index (κ1) is 17.8. The molecule has 24 heavy (non-hydrogen) atoms. The van der Waals surface area contributed by atoms with Gasteiger partial charge in [0.05, 0.1) is 0 Å². The van der Waals surface area contributed by atoms with Gasteiger partial charge in [0.2, 0.25) is 6.41 Å². The molecule has 5 nitrogen and oxygen atoms in total. The van der Waals surface area contributed by atoms with Gasteiger partial charge in [-0.2, -0.15) is 0 Å². The van der Waals surface area contributed by atoms with Gasteiger partial charge in [0, 0.05) is 29.9 Å². The third-order valence-corrected chi connectivity index (χ3v) is 3.56. The van der Waals surface area contributed by atoms with Crippen molar-refractivity contribution >= 4 is 29.8 Å². The molecule has 0 aliphatic rings. The van der Waals surface area contributed by atoms with Crippen molar-refractivity contribution < 1.29 is 14.3 Å². The lowest BCUT2D eigenvalue weighted by atomic mass is 10.2. The topological polar surface area (TPSA) is 58.6 Å². The fourth-order valence-electron chi connectivity index (χ4n) is 2.20. The predicted octanol–water partition coefficient (Wildman–Crippen LogP) is 4.32. The van der Waals surface area contributed by atoms with E-state index < -0.39 is 6.09 Å². The Morgan fingerprint density at radius 1 is 1.25 bits per heavy atom. The molecule has 126 valence electrons. The fourth-order valence-corrected chi connectivity index (χ4v) is 2.32. The van der Waals surface area contributed by atoms with Crippen molar-refractivity contribution in [3.8, 4) is 5.75 Å². The molecule has 0 saturated heterocycles. The summed E-state index contributed by atoms with van der Waals surface area (Å²) < 4.78 is 5.42. The van der Waals surface area contributed by atoms with Gasteiger partial charge in [-0.3, -0.25) is 4.79 Å². The van der Waals surface area contributed by atoms with Crippen molar-refractivity contribution in [3.05, 3.63) is 59.1 Å². The molecule has 2 aromatic carbocycles. The molecular formula is C18H19ClN2O3. The highest BCUT2D eigenvalue weighted by molar-refractivity contribution is 6.30. The van der Waals surface area contributed by atoms with Gasteiger partial charge in [0.1, 0.15) is 5.75 Å². The van der Waals surface area contributed by atoms with E-state index in [0.29, 0.717) is 36.0 Å². The van der Waals surface area contributed by atoms with Crippen molar-refractivity contribution in [2.24, 2.45) is 0 Å². The second-order valence-electron chi connectivity index (χ2n) is 5.21. The normalized spacial score (nSPS) is 10.1. The number of anilines is 1. The lowest BCUT2D eigenvalue weighted by molar-refractivity contribution is -0.105. The molecule has 0 aliphatic heterocycles. The summed E-state index contributed by atoms with van der Waals surface area (Å²) in [6.07, 6.45) is 0.954. The average molecular weight is 347 g/mol. The Labute approximate surface area is 146 Å². The Balaban J connectivity index is 2.06. The van der Waals surface area contributed by atoms with Crippen LogP contribution in [0.5, 0.6) is 5.75 Å². The smallest absolute Gasteiger partial charge is 0.410 e. The average Bonchev–Trinajstić information content (AvgIpc) is 2.57. The second-order valence-corrected chi connectivity index (χ2v) is 5.64. The summed E-state index contributed by atoms with van der Waals surface area (Å²) >= 11 is 5.88. The molecule has 0 unspecified atom stereocenters. The van der Waals surface area contributed by atoms with Crippen LogP contribution in [0, 0.1) is 0 Å². The first-order valence-corrected chi connectivity index (χ1v) is 8.01. The maximum absolute atomic E-state index is 12.4. The number of carbonyl (C=O) groups is 2. The molecule has 6 heteroatoms. The number of benzene rings is 2. The van der Waals surface area contributed by atoms with Crippen molar-refractivity contribution in [2.75, 3.05) is 11.9 Å². The van der Waals surface area contributed by atoms with E-state index in [0.717, 1.165) is 12.0 Å². The molecule has 1 N–H and O–H groups in total. The summed E-state index contributed by atoms with van der Waals surface area (Å²) in [6.45, 7) is 3.01. The van der Waals surface area contributed by atoms with E-state index in [2.05, 4.69) is 5.32 Å². The Morgan fingerprint density at radius 3 is 2.67 bits per heavy atom. The lowest BCUT2D eigenvalue weighted by Crippen LogP contribution is -2.33. The summed E-state index contributed by atoms with van der Waals surface area (Å²) in [5.74, 6) is 0.379. The van der Waals surface area contributed by atoms with Gasteiger partial charge in [0.25, 0.3) is 0 Å². The van der Waals surface area contributed by atoms with Crippen LogP contribution >= 0.6 is 11.6 Å². The van der Waals surface area contributed by atoms with Crippen LogP contribution in [0.15, 0.2) is 48.5 Å². The minimum atomic E-state index is -0.435. The summed E-state index contributed by atoms with van der Waals surface area (Å²) in [5.41, 5.74) is 1.54. The summed E-state index contributed by atoms with van der Waals surface area (Å²) in [5, 5.41) is 3.18. The molecule has 0 atom stereocenters. The number of carbonyl (C=O) groups excluding carboxylic acids is 2. The van der Waals surface area contributed by atoms with Crippen molar-refractivity contribution in [3.63, 3.8) is 0 Å². The van der Waals surface area contributed by atoms with E-state index in [4.69, 9.17) is 16.3 Å². The molecule has 2 aromatic rings. The van der Waals surface area contributed by atoms with Crippen LogP contribution < -0.4 is 10.1 Å². The van der Waals surface area contributed by atoms with Crippen molar-refractivity contribution in [2.45, 2.75) is 19.9 Å². The number of halogens is 1. The number of hydrogen-bond acceptors (Lipinski definition) is 3. The Bertz CT molecular complexity index is 689. The third kappa shape index (κ3) is 5.28. The first-order valence-electron chi connectivity index (χ1n) is 7.64. The second kappa shape index (κ2) is 8.93. The Hall–Kier alpha value is -2.53. The third-order valence-electron chi connectivity index (χ3n) is 3.30. The minimum Gasteiger partial charge on any atom is -0.410 e. The zero-order valence-corrected chi connectivity index (χ0v) is 14.1. The Morgan fingerprint density at radius 2 is 2.00 bits per heavy atom. The van der Waals surface area contributed by atoms with Crippen LogP contribution in [0.1, 0.15) is 18.9 Å². The van der Waals surface area contributed by atoms with Crippen LogP contribution in [0.25, 0.3) is 0 Å². The molecular weight excluding hydrogens is 328 g/mol. The number of amides is 2. The van der Waals surface area contributed by atoms with Crippen LogP contribution in [-0.2, 0) is 11.3 Å². The van der Waals surface area contributed by atoms with Crippen LogP contribution in [-0.4, -0.2) is 23.9 Å². The minimum absolute atomic E-state index is 0.379. The fraction of sp³-hybridized carbons (Fsp3) is 0.222. The van der Waals surface area contributed by atoms with E-state index in [-0.39, 0.29) is 0 Å². The monoisotopic (exact) mass is 346 g/mol. The number of rotatable bonds is 7. The van der Waals surface area contributed by atoms with Gasteiger partial charge in [-0.25, -0.2) is 4.79 Å². The zero-order valence-electron chi connectivity index (χ0n) is 13.4. The van der Waals surface area contributed by atoms with E-state index in [9.17, 15) is 9.59 Å². The molecule has 0 saturated carbocycles. The number of ether oxygens (including phenoxy) is 1. The van der Waals surface area contributed by atoms with Crippen molar-refractivity contribution in [1.29, 1.82) is 0 Å². The van der Waals surface area contributed by atoms with E-state index in [1.807, 2.05) is 19.1 Å². The molecule has 2 amide bonds. The number of nitrogens with zero attached hydrogens (tertiary/aromatic N) is 1. The molecule has 0 radical (unpaired) electrons. The van der Waals surface area contributed by atoms with Gasteiger partial charge < -0.3 is 15.0 Å². The number of hydrogen-bond donors (Lipinski definition) is 1. The van der Waals surface area contributed by atoms with Gasteiger partial charge in [-0.15, -0.1) is 0 Å². The zero-order chi connectivity index (χ0) is 17.4. The van der Waals surface area contributed by atoms with Gasteiger partial charge in [0.15, 0.2) is 0 Å². The molecule has 2 rings (SSSR count).